The highest BCUT2D eigenvalue weighted by Gasteiger charge is 2.09. The molecule has 0 atom stereocenters. The molecule has 0 spiro atoms. The summed E-state index contributed by atoms with van der Waals surface area (Å²) < 4.78 is 5.69. The normalized spacial score (nSPS) is 10.3. The minimum absolute atomic E-state index is 0.0471. The summed E-state index contributed by atoms with van der Waals surface area (Å²) in [5.41, 5.74) is 0.650. The molecule has 0 aliphatic rings. The van der Waals surface area contributed by atoms with Crippen LogP contribution in [0.25, 0.3) is 0 Å². The molecule has 0 unspecified atom stereocenters. The Bertz CT molecular complexity index is 621. The van der Waals surface area contributed by atoms with E-state index < -0.39 is 5.97 Å². The van der Waals surface area contributed by atoms with Crippen molar-refractivity contribution in [2.24, 2.45) is 0 Å². The molecule has 0 bridgehead atoms. The lowest BCUT2D eigenvalue weighted by Crippen LogP contribution is -1.96. The van der Waals surface area contributed by atoms with Crippen LogP contribution in [0.4, 0.5) is 10.8 Å². The van der Waals surface area contributed by atoms with Gasteiger partial charge in [0, 0.05) is 6.07 Å². The van der Waals surface area contributed by atoms with Crippen LogP contribution in [0.15, 0.2) is 22.5 Å². The first-order valence-corrected chi connectivity index (χ1v) is 7.55. The van der Waals surface area contributed by atoms with Gasteiger partial charge in [-0.05, 0) is 12.1 Å². The second kappa shape index (κ2) is 6.78. The second-order valence-electron chi connectivity index (χ2n) is 3.53. The van der Waals surface area contributed by atoms with Crippen LogP contribution in [0.3, 0.4) is 0 Å². The standard InChI is InChI=1S/C11H10ClN3O3S2/c1-18-6-2-3-7(12)8(4-6)13-10-14-15-11(20-10)19-5-9(16)17/h2-4H,5H2,1H3,(H,13,14)(H,16,17). The third kappa shape index (κ3) is 3.99. The molecule has 106 valence electrons. The number of nitrogens with one attached hydrogen (secondary N) is 1. The lowest BCUT2D eigenvalue weighted by atomic mass is 10.3. The van der Waals surface area contributed by atoms with Gasteiger partial charge in [-0.3, -0.25) is 4.79 Å². The zero-order chi connectivity index (χ0) is 14.5. The topological polar surface area (TPSA) is 84.3 Å². The van der Waals surface area contributed by atoms with Crippen molar-refractivity contribution >= 4 is 51.5 Å². The molecular weight excluding hydrogens is 322 g/mol. The Hall–Kier alpha value is -1.51. The van der Waals surface area contributed by atoms with Gasteiger partial charge in [0.15, 0.2) is 4.34 Å². The van der Waals surface area contributed by atoms with Gasteiger partial charge in [0.1, 0.15) is 5.75 Å². The number of hydrogen-bond donors (Lipinski definition) is 2. The van der Waals surface area contributed by atoms with Crippen molar-refractivity contribution in [1.82, 2.24) is 10.2 Å². The molecule has 6 nitrogen and oxygen atoms in total. The van der Waals surface area contributed by atoms with Gasteiger partial charge < -0.3 is 15.2 Å². The number of anilines is 2. The number of hydrogen-bond acceptors (Lipinski definition) is 7. The van der Waals surface area contributed by atoms with Crippen molar-refractivity contribution in [3.8, 4) is 5.75 Å². The summed E-state index contributed by atoms with van der Waals surface area (Å²) in [6, 6.07) is 5.21. The van der Waals surface area contributed by atoms with Crippen molar-refractivity contribution in [2.75, 3.05) is 18.2 Å². The van der Waals surface area contributed by atoms with E-state index in [4.69, 9.17) is 21.4 Å². The third-order valence-corrected chi connectivity index (χ3v) is 4.43. The smallest absolute Gasteiger partial charge is 0.313 e. The number of aliphatic carboxylic acids is 1. The van der Waals surface area contributed by atoms with Crippen molar-refractivity contribution in [3.63, 3.8) is 0 Å². The van der Waals surface area contributed by atoms with E-state index in [1.165, 1.54) is 11.3 Å². The first-order chi connectivity index (χ1) is 9.58. The largest absolute Gasteiger partial charge is 0.497 e. The summed E-state index contributed by atoms with van der Waals surface area (Å²) >= 11 is 8.45. The van der Waals surface area contributed by atoms with Crippen molar-refractivity contribution in [2.45, 2.75) is 4.34 Å². The summed E-state index contributed by atoms with van der Waals surface area (Å²) in [4.78, 5) is 10.5. The zero-order valence-corrected chi connectivity index (χ0v) is 12.7. The molecule has 1 heterocycles. The molecule has 0 radical (unpaired) electrons. The molecule has 1 aromatic carbocycles. The fraction of sp³-hybridized carbons (Fsp3) is 0.182. The molecule has 2 N–H and O–H groups in total. The van der Waals surface area contributed by atoms with Crippen molar-refractivity contribution in [3.05, 3.63) is 23.2 Å². The second-order valence-corrected chi connectivity index (χ2v) is 6.13. The predicted molar refractivity (Wildman–Crippen MR) is 79.6 cm³/mol. The number of thioether (sulfide) groups is 1. The fourth-order valence-electron chi connectivity index (χ4n) is 1.28. The Balaban J connectivity index is 2.08. The maximum Gasteiger partial charge on any atom is 0.313 e. The molecule has 9 heteroatoms. The Labute approximate surface area is 128 Å². The average molecular weight is 332 g/mol. The number of rotatable bonds is 6. The fourth-order valence-corrected chi connectivity index (χ4v) is 2.93. The molecule has 0 fully saturated rings. The molecule has 0 saturated carbocycles. The van der Waals surface area contributed by atoms with E-state index in [-0.39, 0.29) is 5.75 Å². The molecule has 0 aliphatic heterocycles. The highest BCUT2D eigenvalue weighted by molar-refractivity contribution is 8.01. The molecule has 2 aromatic rings. The number of carboxylic acids is 1. The van der Waals surface area contributed by atoms with Crippen LogP contribution >= 0.6 is 34.7 Å². The van der Waals surface area contributed by atoms with Crippen LogP contribution < -0.4 is 10.1 Å². The zero-order valence-electron chi connectivity index (χ0n) is 10.3. The number of nitrogens with zero attached hydrogens (tertiary/aromatic N) is 2. The van der Waals surface area contributed by atoms with E-state index in [1.807, 2.05) is 0 Å². The van der Waals surface area contributed by atoms with E-state index in [1.54, 1.807) is 25.3 Å². The van der Waals surface area contributed by atoms with E-state index in [0.29, 0.717) is 25.9 Å². The van der Waals surface area contributed by atoms with E-state index in [2.05, 4.69) is 15.5 Å². The first-order valence-electron chi connectivity index (χ1n) is 5.37. The molecule has 0 aliphatic carbocycles. The van der Waals surface area contributed by atoms with Crippen LogP contribution in [-0.4, -0.2) is 34.1 Å². The predicted octanol–water partition coefficient (Wildman–Crippen LogP) is 3.12. The highest BCUT2D eigenvalue weighted by atomic mass is 35.5. The number of carboxylic acid groups (broad SMARTS) is 1. The number of carbonyl (C=O) groups is 1. The number of ether oxygens (including phenoxy) is 1. The van der Waals surface area contributed by atoms with Gasteiger partial charge in [0.05, 0.1) is 23.6 Å². The monoisotopic (exact) mass is 331 g/mol. The van der Waals surface area contributed by atoms with Gasteiger partial charge in [0.25, 0.3) is 0 Å². The lowest BCUT2D eigenvalue weighted by molar-refractivity contribution is -0.133. The molecule has 2 rings (SSSR count). The van der Waals surface area contributed by atoms with Crippen LogP contribution in [0.1, 0.15) is 0 Å². The van der Waals surface area contributed by atoms with Crippen molar-refractivity contribution in [1.29, 1.82) is 0 Å². The van der Waals surface area contributed by atoms with Crippen LogP contribution in [0.2, 0.25) is 5.02 Å². The summed E-state index contributed by atoms with van der Waals surface area (Å²) in [5, 5.41) is 20.5. The van der Waals surface area contributed by atoms with E-state index >= 15 is 0 Å². The maximum absolute atomic E-state index is 10.5. The number of halogens is 1. The highest BCUT2D eigenvalue weighted by Crippen LogP contribution is 2.32. The van der Waals surface area contributed by atoms with Gasteiger partial charge in [-0.1, -0.05) is 34.7 Å². The quantitative estimate of drug-likeness (QED) is 0.786. The van der Waals surface area contributed by atoms with E-state index in [0.717, 1.165) is 11.8 Å². The van der Waals surface area contributed by atoms with Crippen LogP contribution in [0.5, 0.6) is 5.75 Å². The Kier molecular flexibility index (Phi) is 5.05. The summed E-state index contributed by atoms with van der Waals surface area (Å²) in [6.07, 6.45) is 0. The van der Waals surface area contributed by atoms with E-state index in [9.17, 15) is 4.79 Å². The van der Waals surface area contributed by atoms with Gasteiger partial charge in [-0.25, -0.2) is 0 Å². The maximum atomic E-state index is 10.5. The van der Waals surface area contributed by atoms with Crippen LogP contribution in [-0.2, 0) is 4.79 Å². The summed E-state index contributed by atoms with van der Waals surface area (Å²) in [6.45, 7) is 0. The van der Waals surface area contributed by atoms with Gasteiger partial charge in [-0.2, -0.15) is 0 Å². The van der Waals surface area contributed by atoms with Gasteiger partial charge in [0.2, 0.25) is 5.13 Å². The number of benzene rings is 1. The van der Waals surface area contributed by atoms with Crippen molar-refractivity contribution < 1.29 is 14.6 Å². The Morgan fingerprint density at radius 3 is 3.05 bits per heavy atom. The molecule has 20 heavy (non-hydrogen) atoms. The minimum atomic E-state index is -0.893. The molecular formula is C11H10ClN3O3S2. The van der Waals surface area contributed by atoms with Gasteiger partial charge >= 0.3 is 5.97 Å². The number of aromatic nitrogens is 2. The van der Waals surface area contributed by atoms with Gasteiger partial charge in [-0.15, -0.1) is 10.2 Å². The Morgan fingerprint density at radius 2 is 2.35 bits per heavy atom. The summed E-state index contributed by atoms with van der Waals surface area (Å²) in [5.74, 6) is -0.272. The Morgan fingerprint density at radius 1 is 1.55 bits per heavy atom. The number of methoxy groups -OCH3 is 1. The SMILES string of the molecule is COc1ccc(Cl)c(Nc2nnc(SCC(=O)O)s2)c1. The molecule has 0 saturated heterocycles. The minimum Gasteiger partial charge on any atom is -0.497 e. The summed E-state index contributed by atoms with van der Waals surface area (Å²) in [7, 11) is 1.57. The molecule has 1 aromatic heterocycles. The first kappa shape index (κ1) is 14.9. The average Bonchev–Trinajstić information content (AvgIpc) is 2.86. The lowest BCUT2D eigenvalue weighted by Gasteiger charge is -2.06. The molecule has 0 amide bonds. The third-order valence-electron chi connectivity index (χ3n) is 2.14. The van der Waals surface area contributed by atoms with Crippen LogP contribution in [0, 0.1) is 0 Å².